The van der Waals surface area contributed by atoms with Crippen molar-refractivity contribution in [2.75, 3.05) is 14.2 Å². The SMILES string of the molecule is CO[Si](OC)(C1C(C)CC(C)C1C)C1C(C)CC(C)C1C. The van der Waals surface area contributed by atoms with Crippen molar-refractivity contribution in [1.82, 2.24) is 0 Å². The van der Waals surface area contributed by atoms with Crippen LogP contribution >= 0.6 is 0 Å². The summed E-state index contributed by atoms with van der Waals surface area (Å²) in [5, 5.41) is 0. The molecule has 2 saturated carbocycles. The molecule has 0 amide bonds. The van der Waals surface area contributed by atoms with Gasteiger partial charge < -0.3 is 8.85 Å². The second kappa shape index (κ2) is 6.33. The summed E-state index contributed by atoms with van der Waals surface area (Å²) in [6, 6.07) is 0. The smallest absolute Gasteiger partial charge is 0.345 e. The molecule has 0 aromatic heterocycles. The highest BCUT2D eigenvalue weighted by Gasteiger charge is 2.62. The second-order valence-corrected chi connectivity index (χ2v) is 11.9. The molecule has 0 radical (unpaired) electrons. The van der Waals surface area contributed by atoms with Gasteiger partial charge in [0.1, 0.15) is 0 Å². The minimum Gasteiger partial charge on any atom is -0.397 e. The molecular weight excluding hydrogens is 276 g/mol. The van der Waals surface area contributed by atoms with Crippen LogP contribution < -0.4 is 0 Å². The van der Waals surface area contributed by atoms with Gasteiger partial charge >= 0.3 is 8.56 Å². The van der Waals surface area contributed by atoms with Crippen LogP contribution in [0.1, 0.15) is 54.4 Å². The number of hydrogen-bond acceptors (Lipinski definition) is 2. The fraction of sp³-hybridized carbons (Fsp3) is 1.00. The van der Waals surface area contributed by atoms with E-state index < -0.39 is 8.56 Å². The standard InChI is InChI=1S/C18H36O2Si/c1-11-9-13(3)17(15(11)5)21(19-7,20-8)18-14(4)10-12(2)16(18)6/h11-18H,9-10H2,1-8H3. The van der Waals surface area contributed by atoms with Gasteiger partial charge in [-0.25, -0.2) is 0 Å². The van der Waals surface area contributed by atoms with E-state index in [-0.39, 0.29) is 0 Å². The maximum absolute atomic E-state index is 6.35. The quantitative estimate of drug-likeness (QED) is 0.673. The molecule has 0 spiro atoms. The van der Waals surface area contributed by atoms with E-state index in [1.54, 1.807) is 0 Å². The largest absolute Gasteiger partial charge is 0.397 e. The monoisotopic (exact) mass is 312 g/mol. The second-order valence-electron chi connectivity index (χ2n) is 8.28. The van der Waals surface area contributed by atoms with E-state index >= 15 is 0 Å². The fourth-order valence-electron chi connectivity index (χ4n) is 6.02. The minimum atomic E-state index is -2.21. The Hall–Kier alpha value is 0.137. The lowest BCUT2D eigenvalue weighted by Crippen LogP contribution is -2.54. The van der Waals surface area contributed by atoms with Crippen LogP contribution in [0.15, 0.2) is 0 Å². The maximum Gasteiger partial charge on any atom is 0.345 e. The van der Waals surface area contributed by atoms with Crippen molar-refractivity contribution in [2.24, 2.45) is 35.5 Å². The van der Waals surface area contributed by atoms with Crippen molar-refractivity contribution in [2.45, 2.75) is 65.5 Å². The van der Waals surface area contributed by atoms with Crippen molar-refractivity contribution in [3.8, 4) is 0 Å². The van der Waals surface area contributed by atoms with Gasteiger partial charge in [0.05, 0.1) is 0 Å². The van der Waals surface area contributed by atoms with E-state index in [0.717, 1.165) is 35.5 Å². The summed E-state index contributed by atoms with van der Waals surface area (Å²) >= 11 is 0. The van der Waals surface area contributed by atoms with E-state index in [9.17, 15) is 0 Å². The van der Waals surface area contributed by atoms with E-state index in [2.05, 4.69) is 41.5 Å². The Balaban J connectivity index is 2.41. The highest BCUT2D eigenvalue weighted by Crippen LogP contribution is 2.60. The van der Waals surface area contributed by atoms with Crippen LogP contribution in [0.25, 0.3) is 0 Å². The average molecular weight is 313 g/mol. The third kappa shape index (κ3) is 2.64. The molecule has 21 heavy (non-hydrogen) atoms. The summed E-state index contributed by atoms with van der Waals surface area (Å²) in [6.07, 6.45) is 2.66. The highest BCUT2D eigenvalue weighted by molar-refractivity contribution is 6.71. The minimum absolute atomic E-state index is 0.641. The lowest BCUT2D eigenvalue weighted by Gasteiger charge is -2.45. The molecular formula is C18H36O2Si. The molecule has 0 aromatic carbocycles. The van der Waals surface area contributed by atoms with Crippen molar-refractivity contribution in [3.05, 3.63) is 0 Å². The molecule has 8 unspecified atom stereocenters. The Morgan fingerprint density at radius 2 is 0.952 bits per heavy atom. The molecule has 0 saturated heterocycles. The molecule has 0 aromatic rings. The van der Waals surface area contributed by atoms with E-state index in [0.29, 0.717) is 11.1 Å². The lowest BCUT2D eigenvalue weighted by molar-refractivity contribution is 0.180. The summed E-state index contributed by atoms with van der Waals surface area (Å²) in [6.45, 7) is 14.6. The lowest BCUT2D eigenvalue weighted by atomic mass is 10.0. The summed E-state index contributed by atoms with van der Waals surface area (Å²) in [5.74, 6) is 4.51. The Labute approximate surface area is 133 Å². The van der Waals surface area contributed by atoms with Gasteiger partial charge in [-0.3, -0.25) is 0 Å². The van der Waals surface area contributed by atoms with E-state index in [4.69, 9.17) is 8.85 Å². The first-order valence-electron chi connectivity index (χ1n) is 8.90. The molecule has 2 nitrogen and oxygen atoms in total. The molecule has 2 aliphatic carbocycles. The van der Waals surface area contributed by atoms with Gasteiger partial charge in [-0.15, -0.1) is 0 Å². The molecule has 0 aliphatic heterocycles. The zero-order valence-electron chi connectivity index (χ0n) is 15.3. The van der Waals surface area contributed by atoms with Crippen LogP contribution in [0.2, 0.25) is 11.1 Å². The molecule has 2 aliphatic rings. The van der Waals surface area contributed by atoms with Gasteiger partial charge in [-0.2, -0.15) is 0 Å². The van der Waals surface area contributed by atoms with E-state index in [1.165, 1.54) is 12.8 Å². The Morgan fingerprint density at radius 3 is 1.14 bits per heavy atom. The first kappa shape index (κ1) is 17.5. The van der Waals surface area contributed by atoms with Crippen LogP contribution in [0.3, 0.4) is 0 Å². The summed E-state index contributed by atoms with van der Waals surface area (Å²) < 4.78 is 12.7. The zero-order valence-corrected chi connectivity index (χ0v) is 16.3. The van der Waals surface area contributed by atoms with E-state index in [1.807, 2.05) is 14.2 Å². The number of hydrogen-bond donors (Lipinski definition) is 0. The zero-order chi connectivity index (χ0) is 15.9. The van der Waals surface area contributed by atoms with Gasteiger partial charge in [0.15, 0.2) is 0 Å². The third-order valence-corrected chi connectivity index (χ3v) is 12.5. The normalized spacial score (nSPS) is 48.0. The van der Waals surface area contributed by atoms with Gasteiger partial charge in [0.25, 0.3) is 0 Å². The van der Waals surface area contributed by atoms with Crippen LogP contribution in [-0.2, 0) is 8.85 Å². The summed E-state index contributed by atoms with van der Waals surface area (Å²) in [7, 11) is 1.65. The van der Waals surface area contributed by atoms with Gasteiger partial charge in [0.2, 0.25) is 0 Å². The Kier molecular flexibility index (Phi) is 5.27. The van der Waals surface area contributed by atoms with Gasteiger partial charge in [0, 0.05) is 25.3 Å². The van der Waals surface area contributed by atoms with Crippen LogP contribution in [0, 0.1) is 35.5 Å². The van der Waals surface area contributed by atoms with Crippen molar-refractivity contribution < 1.29 is 8.85 Å². The first-order valence-corrected chi connectivity index (χ1v) is 10.9. The molecule has 3 heteroatoms. The molecule has 0 bridgehead atoms. The van der Waals surface area contributed by atoms with Gasteiger partial charge in [-0.05, 0) is 48.3 Å². The first-order chi connectivity index (χ1) is 9.80. The van der Waals surface area contributed by atoms with Crippen LogP contribution in [-0.4, -0.2) is 22.8 Å². The third-order valence-electron chi connectivity index (χ3n) is 7.21. The average Bonchev–Trinajstić information content (AvgIpc) is 2.83. The molecule has 8 atom stereocenters. The molecule has 0 heterocycles. The Bertz CT molecular complexity index is 325. The molecule has 124 valence electrons. The summed E-state index contributed by atoms with van der Waals surface area (Å²) in [4.78, 5) is 0. The van der Waals surface area contributed by atoms with Crippen molar-refractivity contribution in [3.63, 3.8) is 0 Å². The predicted molar refractivity (Wildman–Crippen MR) is 91.5 cm³/mol. The van der Waals surface area contributed by atoms with Crippen molar-refractivity contribution in [1.29, 1.82) is 0 Å². The maximum atomic E-state index is 6.35. The Morgan fingerprint density at radius 1 is 0.619 bits per heavy atom. The predicted octanol–water partition coefficient (Wildman–Crippen LogP) is 5.09. The van der Waals surface area contributed by atoms with Crippen molar-refractivity contribution >= 4 is 8.56 Å². The molecule has 2 fully saturated rings. The highest BCUT2D eigenvalue weighted by atomic mass is 28.4. The molecule has 2 rings (SSSR count). The fourth-order valence-corrected chi connectivity index (χ4v) is 11.7. The van der Waals surface area contributed by atoms with Crippen LogP contribution in [0.5, 0.6) is 0 Å². The molecule has 0 N–H and O–H groups in total. The van der Waals surface area contributed by atoms with Gasteiger partial charge in [-0.1, -0.05) is 41.5 Å². The summed E-state index contributed by atoms with van der Waals surface area (Å²) in [5.41, 5.74) is 1.28. The van der Waals surface area contributed by atoms with Crippen LogP contribution in [0.4, 0.5) is 0 Å². The number of rotatable bonds is 4. The topological polar surface area (TPSA) is 18.5 Å².